The van der Waals surface area contributed by atoms with Crippen molar-refractivity contribution in [2.24, 2.45) is 0 Å². The number of ether oxygens (including phenoxy) is 1. The molecule has 25 heavy (non-hydrogen) atoms. The first-order valence-corrected chi connectivity index (χ1v) is 8.97. The van der Waals surface area contributed by atoms with Crippen molar-refractivity contribution in [3.63, 3.8) is 0 Å². The third kappa shape index (κ3) is 5.25. The molecule has 2 aromatic rings. The average molecular weight is 340 g/mol. The van der Waals surface area contributed by atoms with Crippen LogP contribution in [0.1, 0.15) is 23.1 Å². The summed E-state index contributed by atoms with van der Waals surface area (Å²) in [6.07, 6.45) is 8.12. The predicted octanol–water partition coefficient (Wildman–Crippen LogP) is 2.68. The quantitative estimate of drug-likeness (QED) is 0.809. The normalized spacial score (nSPS) is 18.3. The van der Waals surface area contributed by atoms with E-state index in [1.807, 2.05) is 37.6 Å². The van der Waals surface area contributed by atoms with Crippen LogP contribution in [-0.2, 0) is 17.7 Å². The van der Waals surface area contributed by atoms with E-state index in [0.29, 0.717) is 6.10 Å². The van der Waals surface area contributed by atoms with Gasteiger partial charge < -0.3 is 9.64 Å². The van der Waals surface area contributed by atoms with Crippen LogP contribution in [0.15, 0.2) is 36.8 Å². The second-order valence-electron chi connectivity index (χ2n) is 7.05. The average Bonchev–Trinajstić information content (AvgIpc) is 2.60. The maximum Gasteiger partial charge on any atom is 0.128 e. The van der Waals surface area contributed by atoms with Crippen LogP contribution in [0.3, 0.4) is 0 Å². The van der Waals surface area contributed by atoms with E-state index in [1.54, 1.807) is 0 Å². The molecule has 0 bridgehead atoms. The zero-order valence-electron chi connectivity index (χ0n) is 15.5. The molecule has 3 heterocycles. The van der Waals surface area contributed by atoms with Gasteiger partial charge in [0.1, 0.15) is 5.82 Å². The summed E-state index contributed by atoms with van der Waals surface area (Å²) >= 11 is 0. The van der Waals surface area contributed by atoms with E-state index in [-0.39, 0.29) is 0 Å². The maximum absolute atomic E-state index is 5.99. The molecule has 1 saturated heterocycles. The molecule has 134 valence electrons. The van der Waals surface area contributed by atoms with Gasteiger partial charge in [-0.15, -0.1) is 0 Å². The minimum absolute atomic E-state index is 0.294. The van der Waals surface area contributed by atoms with E-state index in [2.05, 4.69) is 40.0 Å². The molecule has 1 atom stereocenters. The second kappa shape index (κ2) is 8.41. The van der Waals surface area contributed by atoms with Gasteiger partial charge in [0, 0.05) is 52.3 Å². The van der Waals surface area contributed by atoms with Gasteiger partial charge in [-0.05, 0) is 48.6 Å². The Morgan fingerprint density at radius 3 is 2.92 bits per heavy atom. The molecule has 1 aliphatic rings. The van der Waals surface area contributed by atoms with Crippen molar-refractivity contribution in [1.29, 1.82) is 0 Å². The molecule has 0 aromatic carbocycles. The van der Waals surface area contributed by atoms with Crippen molar-refractivity contribution in [1.82, 2.24) is 14.9 Å². The molecule has 2 aromatic heterocycles. The Morgan fingerprint density at radius 1 is 1.24 bits per heavy atom. The highest BCUT2D eigenvalue weighted by Gasteiger charge is 2.20. The summed E-state index contributed by atoms with van der Waals surface area (Å²) in [6, 6.07) is 6.49. The molecule has 3 rings (SSSR count). The summed E-state index contributed by atoms with van der Waals surface area (Å²) in [5.41, 5.74) is 3.82. The Morgan fingerprint density at radius 2 is 2.12 bits per heavy atom. The Balaban J connectivity index is 1.52. The van der Waals surface area contributed by atoms with E-state index in [0.717, 1.165) is 44.9 Å². The Kier molecular flexibility index (Phi) is 6.00. The molecule has 5 nitrogen and oxygen atoms in total. The third-order valence-corrected chi connectivity index (χ3v) is 4.58. The van der Waals surface area contributed by atoms with Crippen LogP contribution >= 0.6 is 0 Å². The molecule has 1 fully saturated rings. The number of morpholine rings is 1. The van der Waals surface area contributed by atoms with E-state index >= 15 is 0 Å². The van der Waals surface area contributed by atoms with Crippen LogP contribution in [0.2, 0.25) is 0 Å². The molecule has 0 unspecified atom stereocenters. The first-order chi connectivity index (χ1) is 12.1. The Hall–Kier alpha value is -1.98. The number of nitrogens with zero attached hydrogens (tertiary/aromatic N) is 4. The highest BCUT2D eigenvalue weighted by Crippen LogP contribution is 2.17. The molecular formula is C20H28N4O. The monoisotopic (exact) mass is 340 g/mol. The van der Waals surface area contributed by atoms with Crippen molar-refractivity contribution in [2.45, 2.75) is 32.4 Å². The zero-order valence-corrected chi connectivity index (χ0v) is 15.5. The van der Waals surface area contributed by atoms with Crippen molar-refractivity contribution in [2.75, 3.05) is 38.7 Å². The Bertz CT molecular complexity index is 689. The summed E-state index contributed by atoms with van der Waals surface area (Å²) in [6.45, 7) is 5.83. The molecule has 5 heteroatoms. The number of hydrogen-bond acceptors (Lipinski definition) is 5. The molecule has 0 N–H and O–H groups in total. The molecule has 1 aliphatic heterocycles. The fourth-order valence-electron chi connectivity index (χ4n) is 3.25. The number of aromatic nitrogens is 2. The summed E-state index contributed by atoms with van der Waals surface area (Å²) in [7, 11) is 4.04. The van der Waals surface area contributed by atoms with Gasteiger partial charge in [-0.25, -0.2) is 4.98 Å². The standard InChI is InChI=1S/C20H28N4O/c1-16-10-18(13-21-12-16)14-24-8-9-25-19(15-24)5-4-17-6-7-22-20(11-17)23(2)3/h6-7,10-13,19H,4-5,8-9,14-15H2,1-3H3/t19-/m1/s1. The fourth-order valence-corrected chi connectivity index (χ4v) is 3.25. The van der Waals surface area contributed by atoms with Gasteiger partial charge >= 0.3 is 0 Å². The topological polar surface area (TPSA) is 41.5 Å². The third-order valence-electron chi connectivity index (χ3n) is 4.58. The van der Waals surface area contributed by atoms with Crippen LogP contribution in [0, 0.1) is 6.92 Å². The summed E-state index contributed by atoms with van der Waals surface area (Å²) in [4.78, 5) is 13.2. The molecular weight excluding hydrogens is 312 g/mol. The van der Waals surface area contributed by atoms with Crippen LogP contribution in [0.25, 0.3) is 0 Å². The lowest BCUT2D eigenvalue weighted by Crippen LogP contribution is -2.42. The minimum atomic E-state index is 0.294. The highest BCUT2D eigenvalue weighted by molar-refractivity contribution is 5.39. The second-order valence-corrected chi connectivity index (χ2v) is 7.05. The van der Waals surface area contributed by atoms with Crippen LogP contribution in [-0.4, -0.2) is 54.8 Å². The molecule has 0 aliphatic carbocycles. The maximum atomic E-state index is 5.99. The lowest BCUT2D eigenvalue weighted by atomic mass is 10.1. The van der Waals surface area contributed by atoms with Gasteiger partial charge in [-0.3, -0.25) is 9.88 Å². The van der Waals surface area contributed by atoms with E-state index in [9.17, 15) is 0 Å². The molecule has 0 radical (unpaired) electrons. The SMILES string of the molecule is Cc1cncc(CN2CCO[C@H](CCc3ccnc(N(C)C)c3)C2)c1. The van der Waals surface area contributed by atoms with Gasteiger partial charge in [-0.1, -0.05) is 6.07 Å². The van der Waals surface area contributed by atoms with Gasteiger partial charge in [-0.2, -0.15) is 0 Å². The van der Waals surface area contributed by atoms with Crippen LogP contribution in [0.5, 0.6) is 0 Å². The van der Waals surface area contributed by atoms with Gasteiger partial charge in [0.05, 0.1) is 12.7 Å². The van der Waals surface area contributed by atoms with Crippen LogP contribution in [0.4, 0.5) is 5.82 Å². The first kappa shape index (κ1) is 17.8. The zero-order chi connectivity index (χ0) is 17.6. The minimum Gasteiger partial charge on any atom is -0.376 e. The predicted molar refractivity (Wildman–Crippen MR) is 101 cm³/mol. The number of pyridine rings is 2. The van der Waals surface area contributed by atoms with E-state index in [4.69, 9.17) is 4.74 Å². The lowest BCUT2D eigenvalue weighted by Gasteiger charge is -2.33. The van der Waals surface area contributed by atoms with E-state index < -0.39 is 0 Å². The number of aryl methyl sites for hydroxylation is 2. The fraction of sp³-hybridized carbons (Fsp3) is 0.500. The largest absolute Gasteiger partial charge is 0.376 e. The van der Waals surface area contributed by atoms with Gasteiger partial charge in [0.15, 0.2) is 0 Å². The number of hydrogen-bond donors (Lipinski definition) is 0. The highest BCUT2D eigenvalue weighted by atomic mass is 16.5. The molecule has 0 saturated carbocycles. The van der Waals surface area contributed by atoms with Crippen molar-refractivity contribution in [3.8, 4) is 0 Å². The smallest absolute Gasteiger partial charge is 0.128 e. The Labute approximate surface area is 150 Å². The summed E-state index contributed by atoms with van der Waals surface area (Å²) in [5.74, 6) is 1.01. The van der Waals surface area contributed by atoms with Crippen molar-refractivity contribution in [3.05, 3.63) is 53.5 Å². The molecule has 0 spiro atoms. The van der Waals surface area contributed by atoms with Crippen LogP contribution < -0.4 is 4.90 Å². The van der Waals surface area contributed by atoms with Gasteiger partial charge in [0.2, 0.25) is 0 Å². The van der Waals surface area contributed by atoms with Crippen molar-refractivity contribution >= 4 is 5.82 Å². The van der Waals surface area contributed by atoms with Gasteiger partial charge in [0.25, 0.3) is 0 Å². The van der Waals surface area contributed by atoms with Crippen molar-refractivity contribution < 1.29 is 4.74 Å². The lowest BCUT2D eigenvalue weighted by molar-refractivity contribution is -0.0346. The first-order valence-electron chi connectivity index (χ1n) is 8.97. The molecule has 0 amide bonds. The van der Waals surface area contributed by atoms with E-state index in [1.165, 1.54) is 16.7 Å². The number of rotatable bonds is 6. The summed E-state index contributed by atoms with van der Waals surface area (Å²) in [5, 5.41) is 0. The summed E-state index contributed by atoms with van der Waals surface area (Å²) < 4.78 is 5.99. The number of anilines is 1.